The molecule has 0 fully saturated rings. The Balaban J connectivity index is 1.74. The molecule has 0 aliphatic rings. The summed E-state index contributed by atoms with van der Waals surface area (Å²) in [5.41, 5.74) is 1.60. The second-order valence-electron chi connectivity index (χ2n) is 6.83. The Morgan fingerprint density at radius 2 is 1.84 bits per heavy atom. The van der Waals surface area contributed by atoms with Gasteiger partial charge in [0, 0.05) is 5.69 Å². The van der Waals surface area contributed by atoms with E-state index in [4.69, 9.17) is 4.74 Å². The van der Waals surface area contributed by atoms with Crippen molar-refractivity contribution in [2.45, 2.75) is 26.9 Å². The molecule has 9 heteroatoms. The Labute approximate surface area is 178 Å². The summed E-state index contributed by atoms with van der Waals surface area (Å²) in [6.07, 6.45) is -4.59. The number of hydrogen-bond donors (Lipinski definition) is 2. The molecule has 1 heterocycles. The number of carbonyl (C=O) groups excluding carboxylic acids is 1. The van der Waals surface area contributed by atoms with Crippen molar-refractivity contribution in [2.75, 3.05) is 23.8 Å². The lowest BCUT2D eigenvalue weighted by atomic mass is 10.1. The molecule has 0 aliphatic carbocycles. The highest BCUT2D eigenvalue weighted by Gasteiger charge is 2.34. The van der Waals surface area contributed by atoms with Gasteiger partial charge < -0.3 is 15.4 Å². The van der Waals surface area contributed by atoms with Gasteiger partial charge in [0.25, 0.3) is 0 Å². The summed E-state index contributed by atoms with van der Waals surface area (Å²) in [6, 6.07) is 13.0. The minimum absolute atomic E-state index is 0.115. The third-order valence-electron chi connectivity index (χ3n) is 4.60. The average Bonchev–Trinajstić information content (AvgIpc) is 3.01. The van der Waals surface area contributed by atoms with Crippen LogP contribution in [0.2, 0.25) is 0 Å². The first-order valence-corrected chi connectivity index (χ1v) is 9.70. The number of amides is 1. The van der Waals surface area contributed by atoms with Gasteiger partial charge >= 0.3 is 6.18 Å². The summed E-state index contributed by atoms with van der Waals surface area (Å²) in [5.74, 6) is -0.370. The highest BCUT2D eigenvalue weighted by Crippen LogP contribution is 2.37. The molecule has 1 amide bonds. The van der Waals surface area contributed by atoms with Crippen molar-refractivity contribution in [1.29, 1.82) is 0 Å². The van der Waals surface area contributed by atoms with E-state index in [9.17, 15) is 18.0 Å². The van der Waals surface area contributed by atoms with Crippen LogP contribution in [0, 0.1) is 13.8 Å². The number of hydrogen-bond acceptors (Lipinski definition) is 4. The number of benzene rings is 2. The van der Waals surface area contributed by atoms with Crippen LogP contribution in [-0.2, 0) is 11.0 Å². The Morgan fingerprint density at radius 1 is 1.13 bits per heavy atom. The molecular weight excluding hydrogens is 409 g/mol. The number of rotatable bonds is 7. The first-order valence-electron chi connectivity index (χ1n) is 9.70. The first-order chi connectivity index (χ1) is 14.7. The minimum Gasteiger partial charge on any atom is -0.494 e. The summed E-state index contributed by atoms with van der Waals surface area (Å²) in [4.78, 5) is 12.4. The number of para-hydroxylation sites is 1. The lowest BCUT2D eigenvalue weighted by Crippen LogP contribution is -2.23. The second-order valence-corrected chi connectivity index (χ2v) is 6.83. The molecule has 3 rings (SSSR count). The number of ether oxygens (including phenoxy) is 1. The lowest BCUT2D eigenvalue weighted by Gasteiger charge is -2.16. The largest absolute Gasteiger partial charge is 0.494 e. The van der Waals surface area contributed by atoms with Gasteiger partial charge in [0.05, 0.1) is 41.5 Å². The van der Waals surface area contributed by atoms with Gasteiger partial charge in [-0.25, -0.2) is 4.68 Å². The zero-order valence-electron chi connectivity index (χ0n) is 17.4. The summed E-state index contributed by atoms with van der Waals surface area (Å²) in [6.45, 7) is 5.16. The van der Waals surface area contributed by atoms with Gasteiger partial charge in [0.15, 0.2) is 0 Å². The number of alkyl halides is 3. The van der Waals surface area contributed by atoms with Crippen molar-refractivity contribution in [2.24, 2.45) is 0 Å². The lowest BCUT2D eigenvalue weighted by molar-refractivity contribution is -0.137. The standard InChI is InChI=1S/C22H23F3N4O2/c1-4-31-17-10-11-19(18(12-17)22(23,24)25)26-13-20(30)27-21-14(2)28-29(15(21)3)16-8-6-5-7-9-16/h5-12,26H,4,13H2,1-3H3,(H,27,30). The highest BCUT2D eigenvalue weighted by atomic mass is 19.4. The Morgan fingerprint density at radius 3 is 2.48 bits per heavy atom. The maximum atomic E-state index is 13.4. The number of anilines is 2. The van der Waals surface area contributed by atoms with Crippen LogP contribution >= 0.6 is 0 Å². The predicted octanol–water partition coefficient (Wildman–Crippen LogP) is 4.96. The number of nitrogens with zero attached hydrogens (tertiary/aromatic N) is 2. The summed E-state index contributed by atoms with van der Waals surface area (Å²) >= 11 is 0. The van der Waals surface area contributed by atoms with Gasteiger partial charge in [0.1, 0.15) is 5.75 Å². The molecule has 0 bridgehead atoms. The molecule has 2 aromatic carbocycles. The quantitative estimate of drug-likeness (QED) is 0.554. The Bertz CT molecular complexity index is 1060. The SMILES string of the molecule is CCOc1ccc(NCC(=O)Nc2c(C)nn(-c3ccccc3)c2C)c(C(F)(F)F)c1. The fourth-order valence-electron chi connectivity index (χ4n) is 3.17. The van der Waals surface area contributed by atoms with Crippen LogP contribution < -0.4 is 15.4 Å². The van der Waals surface area contributed by atoms with E-state index < -0.39 is 17.6 Å². The van der Waals surface area contributed by atoms with Gasteiger partial charge in [-0.2, -0.15) is 18.3 Å². The second kappa shape index (κ2) is 9.11. The van der Waals surface area contributed by atoms with Gasteiger partial charge in [-0.05, 0) is 51.1 Å². The number of nitrogens with one attached hydrogen (secondary N) is 2. The van der Waals surface area contributed by atoms with E-state index in [0.717, 1.165) is 11.8 Å². The van der Waals surface area contributed by atoms with E-state index in [1.54, 1.807) is 18.5 Å². The Kier molecular flexibility index (Phi) is 6.53. The van der Waals surface area contributed by atoms with Gasteiger partial charge in [-0.15, -0.1) is 0 Å². The number of halogens is 3. The van der Waals surface area contributed by atoms with Crippen LogP contribution in [-0.4, -0.2) is 28.8 Å². The van der Waals surface area contributed by atoms with E-state index >= 15 is 0 Å². The maximum absolute atomic E-state index is 13.4. The van der Waals surface area contributed by atoms with Crippen molar-refractivity contribution in [1.82, 2.24) is 9.78 Å². The van der Waals surface area contributed by atoms with Gasteiger partial charge in [0.2, 0.25) is 5.91 Å². The molecule has 0 radical (unpaired) electrons. The monoisotopic (exact) mass is 432 g/mol. The average molecular weight is 432 g/mol. The van der Waals surface area contributed by atoms with Crippen molar-refractivity contribution < 1.29 is 22.7 Å². The van der Waals surface area contributed by atoms with E-state index in [2.05, 4.69) is 15.7 Å². The zero-order valence-corrected chi connectivity index (χ0v) is 17.4. The van der Waals surface area contributed by atoms with Gasteiger partial charge in [-0.3, -0.25) is 4.79 Å². The molecule has 3 aromatic rings. The van der Waals surface area contributed by atoms with E-state index in [1.165, 1.54) is 12.1 Å². The summed E-state index contributed by atoms with van der Waals surface area (Å²) < 4.78 is 47.1. The molecule has 164 valence electrons. The highest BCUT2D eigenvalue weighted by molar-refractivity contribution is 5.95. The predicted molar refractivity (Wildman–Crippen MR) is 113 cm³/mol. The molecule has 6 nitrogen and oxygen atoms in total. The molecule has 0 spiro atoms. The van der Waals surface area contributed by atoms with Crippen LogP contribution in [0.15, 0.2) is 48.5 Å². The Hall–Kier alpha value is -3.49. The molecule has 0 saturated carbocycles. The van der Waals surface area contributed by atoms with Crippen LogP contribution in [0.5, 0.6) is 5.75 Å². The number of aryl methyl sites for hydroxylation is 1. The van der Waals surface area contributed by atoms with Crippen molar-refractivity contribution in [3.63, 3.8) is 0 Å². The van der Waals surface area contributed by atoms with Crippen LogP contribution in [0.4, 0.5) is 24.5 Å². The molecule has 0 atom stereocenters. The number of aromatic nitrogens is 2. The summed E-state index contributed by atoms with van der Waals surface area (Å²) in [5, 5.41) is 9.75. The zero-order chi connectivity index (χ0) is 22.6. The molecule has 31 heavy (non-hydrogen) atoms. The third-order valence-corrected chi connectivity index (χ3v) is 4.60. The van der Waals surface area contributed by atoms with Crippen molar-refractivity contribution in [3.05, 3.63) is 65.5 Å². The molecular formula is C22H23F3N4O2. The maximum Gasteiger partial charge on any atom is 0.418 e. The van der Waals surface area contributed by atoms with Gasteiger partial charge in [-0.1, -0.05) is 18.2 Å². The molecule has 0 aliphatic heterocycles. The minimum atomic E-state index is -4.59. The van der Waals surface area contributed by atoms with E-state index in [-0.39, 0.29) is 24.6 Å². The van der Waals surface area contributed by atoms with Crippen molar-refractivity contribution >= 4 is 17.3 Å². The molecule has 2 N–H and O–H groups in total. The fourth-order valence-corrected chi connectivity index (χ4v) is 3.17. The van der Waals surface area contributed by atoms with E-state index in [1.807, 2.05) is 37.3 Å². The van der Waals surface area contributed by atoms with Crippen LogP contribution in [0.25, 0.3) is 5.69 Å². The smallest absolute Gasteiger partial charge is 0.418 e. The van der Waals surface area contributed by atoms with Crippen LogP contribution in [0.3, 0.4) is 0 Å². The fraction of sp³-hybridized carbons (Fsp3) is 0.273. The summed E-state index contributed by atoms with van der Waals surface area (Å²) in [7, 11) is 0. The molecule has 1 aromatic heterocycles. The normalized spacial score (nSPS) is 11.3. The third kappa shape index (κ3) is 5.17. The van der Waals surface area contributed by atoms with Crippen LogP contribution in [0.1, 0.15) is 23.9 Å². The first kappa shape index (κ1) is 22.2. The number of carbonyl (C=O) groups is 1. The topological polar surface area (TPSA) is 68.2 Å². The van der Waals surface area contributed by atoms with E-state index in [0.29, 0.717) is 17.1 Å². The van der Waals surface area contributed by atoms with Crippen molar-refractivity contribution in [3.8, 4) is 11.4 Å². The molecule has 0 unspecified atom stereocenters. The molecule has 0 saturated heterocycles.